The highest BCUT2D eigenvalue weighted by Gasteiger charge is 2.21. The van der Waals surface area contributed by atoms with Gasteiger partial charge in [0.05, 0.1) is 25.4 Å². The van der Waals surface area contributed by atoms with Crippen LogP contribution in [0.5, 0.6) is 0 Å². The van der Waals surface area contributed by atoms with Crippen molar-refractivity contribution in [3.8, 4) is 0 Å². The van der Waals surface area contributed by atoms with Gasteiger partial charge in [0.2, 0.25) is 15.9 Å². The summed E-state index contributed by atoms with van der Waals surface area (Å²) in [5.74, 6) is -0.361. The highest BCUT2D eigenvalue weighted by atomic mass is 32.2. The van der Waals surface area contributed by atoms with Crippen LogP contribution in [-0.2, 0) is 32.5 Å². The third-order valence-corrected chi connectivity index (χ3v) is 5.33. The first-order valence-corrected chi connectivity index (χ1v) is 11.6. The number of rotatable bonds is 8. The maximum absolute atomic E-state index is 13.9. The third-order valence-electron chi connectivity index (χ3n) is 4.72. The Balaban J connectivity index is 1.44. The predicted molar refractivity (Wildman–Crippen MR) is 113 cm³/mol. The minimum absolute atomic E-state index is 0.145. The Morgan fingerprint density at radius 2 is 1.93 bits per heavy atom. The molecule has 1 aliphatic rings. The average Bonchev–Trinajstić information content (AvgIpc) is 2.69. The molecule has 30 heavy (non-hydrogen) atoms. The summed E-state index contributed by atoms with van der Waals surface area (Å²) in [5.41, 5.74) is 1.88. The van der Waals surface area contributed by atoms with E-state index in [-0.39, 0.29) is 24.2 Å². The number of anilines is 1. The zero-order valence-corrected chi connectivity index (χ0v) is 17.6. The first-order valence-electron chi connectivity index (χ1n) is 9.69. The number of nitrogens with zero attached hydrogens (tertiary/aromatic N) is 1. The summed E-state index contributed by atoms with van der Waals surface area (Å²) in [6.07, 6.45) is 1.11. The maximum Gasteiger partial charge on any atom is 0.229 e. The van der Waals surface area contributed by atoms with E-state index in [1.165, 1.54) is 6.07 Å². The van der Waals surface area contributed by atoms with Crippen LogP contribution in [0.25, 0.3) is 0 Å². The Morgan fingerprint density at radius 1 is 1.20 bits per heavy atom. The van der Waals surface area contributed by atoms with Crippen LogP contribution in [0.3, 0.4) is 0 Å². The molecule has 1 heterocycles. The fourth-order valence-corrected chi connectivity index (χ4v) is 3.86. The standard InChI is InChI=1S/C21H26FN3O4S/c1-30(27,28)24-18-8-6-16(7-9-18)12-21(26)23-13-19-15-25(10-11-29-19)14-17-4-2-3-5-20(17)22/h2-9,19,24H,10-15H2,1H3,(H,23,26)/t19-/m0/s1. The highest BCUT2D eigenvalue weighted by molar-refractivity contribution is 7.92. The number of sulfonamides is 1. The van der Waals surface area contributed by atoms with E-state index in [1.807, 2.05) is 6.07 Å². The van der Waals surface area contributed by atoms with Gasteiger partial charge in [0.15, 0.2) is 0 Å². The van der Waals surface area contributed by atoms with Crippen molar-refractivity contribution < 1.29 is 22.3 Å². The summed E-state index contributed by atoms with van der Waals surface area (Å²) in [7, 11) is -3.33. The first-order chi connectivity index (χ1) is 14.3. The molecule has 2 aromatic carbocycles. The number of nitrogens with one attached hydrogen (secondary N) is 2. The van der Waals surface area contributed by atoms with Crippen molar-refractivity contribution in [2.45, 2.75) is 19.1 Å². The molecule has 1 fully saturated rings. The lowest BCUT2D eigenvalue weighted by Crippen LogP contribution is -2.47. The Labute approximate surface area is 176 Å². The van der Waals surface area contributed by atoms with Crippen LogP contribution in [-0.4, -0.2) is 57.8 Å². The molecule has 0 saturated carbocycles. The van der Waals surface area contributed by atoms with E-state index in [2.05, 4.69) is 14.9 Å². The Kier molecular flexibility index (Phi) is 7.41. The van der Waals surface area contributed by atoms with Crippen LogP contribution in [0, 0.1) is 5.82 Å². The fourth-order valence-electron chi connectivity index (χ4n) is 3.30. The normalized spacial score (nSPS) is 17.5. The number of hydrogen-bond acceptors (Lipinski definition) is 5. The van der Waals surface area contributed by atoms with Gasteiger partial charge in [-0.05, 0) is 23.8 Å². The van der Waals surface area contributed by atoms with E-state index >= 15 is 0 Å². The van der Waals surface area contributed by atoms with Gasteiger partial charge in [0, 0.05) is 37.4 Å². The smallest absolute Gasteiger partial charge is 0.229 e. The van der Waals surface area contributed by atoms with Gasteiger partial charge < -0.3 is 10.1 Å². The number of morpholine rings is 1. The Hall–Kier alpha value is -2.49. The zero-order valence-electron chi connectivity index (χ0n) is 16.8. The lowest BCUT2D eigenvalue weighted by molar-refractivity contribution is -0.121. The molecule has 1 aliphatic heterocycles. The molecule has 1 atom stereocenters. The molecule has 9 heteroatoms. The summed E-state index contributed by atoms with van der Waals surface area (Å²) in [5, 5.41) is 2.87. The molecule has 1 amide bonds. The Morgan fingerprint density at radius 3 is 2.63 bits per heavy atom. The predicted octanol–water partition coefficient (Wildman–Crippen LogP) is 1.76. The zero-order chi connectivity index (χ0) is 21.6. The monoisotopic (exact) mass is 435 g/mol. The molecule has 0 spiro atoms. The largest absolute Gasteiger partial charge is 0.374 e. The highest BCUT2D eigenvalue weighted by Crippen LogP contribution is 2.14. The quantitative estimate of drug-likeness (QED) is 0.660. The topological polar surface area (TPSA) is 87.7 Å². The van der Waals surface area contributed by atoms with Crippen LogP contribution >= 0.6 is 0 Å². The summed E-state index contributed by atoms with van der Waals surface area (Å²) in [6, 6.07) is 13.4. The number of hydrogen-bond donors (Lipinski definition) is 2. The van der Waals surface area contributed by atoms with Crippen molar-refractivity contribution in [1.82, 2.24) is 10.2 Å². The summed E-state index contributed by atoms with van der Waals surface area (Å²) in [4.78, 5) is 14.4. The number of amides is 1. The van der Waals surface area contributed by atoms with Crippen LogP contribution < -0.4 is 10.0 Å². The van der Waals surface area contributed by atoms with Crippen molar-refractivity contribution in [2.24, 2.45) is 0 Å². The van der Waals surface area contributed by atoms with Gasteiger partial charge in [-0.15, -0.1) is 0 Å². The second-order valence-electron chi connectivity index (χ2n) is 7.37. The molecule has 0 aliphatic carbocycles. The van der Waals surface area contributed by atoms with Crippen LogP contribution in [0.4, 0.5) is 10.1 Å². The minimum atomic E-state index is -3.33. The number of ether oxygens (including phenoxy) is 1. The lowest BCUT2D eigenvalue weighted by Gasteiger charge is -2.33. The van der Waals surface area contributed by atoms with Gasteiger partial charge in [-0.1, -0.05) is 30.3 Å². The SMILES string of the molecule is CS(=O)(=O)Nc1ccc(CC(=O)NC[C@H]2CN(Cc3ccccc3F)CCO2)cc1. The van der Waals surface area contributed by atoms with E-state index < -0.39 is 10.0 Å². The molecule has 1 saturated heterocycles. The average molecular weight is 436 g/mol. The van der Waals surface area contributed by atoms with Crippen LogP contribution in [0.1, 0.15) is 11.1 Å². The van der Waals surface area contributed by atoms with Crippen molar-refractivity contribution in [3.63, 3.8) is 0 Å². The minimum Gasteiger partial charge on any atom is -0.374 e. The van der Waals surface area contributed by atoms with Crippen LogP contribution in [0.2, 0.25) is 0 Å². The van der Waals surface area contributed by atoms with Crippen molar-refractivity contribution in [2.75, 3.05) is 37.2 Å². The van der Waals surface area contributed by atoms with Crippen molar-refractivity contribution in [1.29, 1.82) is 0 Å². The number of halogens is 1. The van der Waals surface area contributed by atoms with E-state index in [1.54, 1.807) is 36.4 Å². The molecule has 0 aromatic heterocycles. The number of carbonyl (C=O) groups is 1. The molecule has 2 aromatic rings. The van der Waals surface area contributed by atoms with Gasteiger partial charge in [-0.2, -0.15) is 0 Å². The Bertz CT molecular complexity index is 966. The fraction of sp³-hybridized carbons (Fsp3) is 0.381. The van der Waals surface area contributed by atoms with Crippen molar-refractivity contribution in [3.05, 3.63) is 65.5 Å². The molecule has 0 radical (unpaired) electrons. The van der Waals surface area contributed by atoms with Gasteiger partial charge in [0.25, 0.3) is 0 Å². The van der Waals surface area contributed by atoms with Gasteiger partial charge in [-0.3, -0.25) is 14.4 Å². The maximum atomic E-state index is 13.9. The van der Waals surface area contributed by atoms with E-state index in [4.69, 9.17) is 4.74 Å². The number of benzene rings is 2. The molecule has 3 rings (SSSR count). The van der Waals surface area contributed by atoms with Gasteiger partial charge in [-0.25, -0.2) is 12.8 Å². The first kappa shape index (κ1) is 22.2. The third kappa shape index (κ3) is 7.08. The van der Waals surface area contributed by atoms with E-state index in [9.17, 15) is 17.6 Å². The summed E-state index contributed by atoms with van der Waals surface area (Å²) in [6.45, 7) is 2.74. The molecular formula is C21H26FN3O4S. The molecule has 0 bridgehead atoms. The second-order valence-corrected chi connectivity index (χ2v) is 9.12. The summed E-state index contributed by atoms with van der Waals surface area (Å²) < 4.78 is 44.4. The molecular weight excluding hydrogens is 409 g/mol. The molecule has 2 N–H and O–H groups in total. The van der Waals surface area contributed by atoms with E-state index in [0.717, 1.165) is 11.8 Å². The molecule has 162 valence electrons. The van der Waals surface area contributed by atoms with Crippen LogP contribution in [0.15, 0.2) is 48.5 Å². The van der Waals surface area contributed by atoms with Gasteiger partial charge in [0.1, 0.15) is 5.82 Å². The molecule has 0 unspecified atom stereocenters. The second kappa shape index (κ2) is 10.0. The van der Waals surface area contributed by atoms with Gasteiger partial charge >= 0.3 is 0 Å². The van der Waals surface area contributed by atoms with E-state index in [0.29, 0.717) is 44.0 Å². The number of carbonyl (C=O) groups excluding carboxylic acids is 1. The lowest BCUT2D eigenvalue weighted by atomic mass is 10.1. The summed E-state index contributed by atoms with van der Waals surface area (Å²) >= 11 is 0. The van der Waals surface area contributed by atoms with Crippen molar-refractivity contribution >= 4 is 21.6 Å². The molecule has 7 nitrogen and oxygen atoms in total.